The van der Waals surface area contributed by atoms with E-state index in [9.17, 15) is 0 Å². The molecule has 2 heterocycles. The van der Waals surface area contributed by atoms with E-state index in [0.717, 1.165) is 28.8 Å². The highest BCUT2D eigenvalue weighted by Crippen LogP contribution is 2.37. The molecule has 0 fully saturated rings. The third kappa shape index (κ3) is 2.49. The first kappa shape index (κ1) is 13.0. The van der Waals surface area contributed by atoms with Gasteiger partial charge in [-0.05, 0) is 37.6 Å². The Morgan fingerprint density at radius 2 is 2.05 bits per heavy atom. The maximum Gasteiger partial charge on any atom is 0.221 e. The van der Waals surface area contributed by atoms with Crippen molar-refractivity contribution >= 4 is 10.8 Å². The van der Waals surface area contributed by atoms with E-state index in [1.54, 1.807) is 6.20 Å². The van der Waals surface area contributed by atoms with E-state index >= 15 is 0 Å². The van der Waals surface area contributed by atoms with Crippen molar-refractivity contribution in [2.75, 3.05) is 26.8 Å². The Bertz CT molecular complexity index is 615. The number of nitrogens with zero attached hydrogens (tertiary/aromatic N) is 1. The van der Waals surface area contributed by atoms with Crippen LogP contribution in [0.1, 0.15) is 6.92 Å². The van der Waals surface area contributed by atoms with Crippen molar-refractivity contribution < 1.29 is 14.2 Å². The van der Waals surface area contributed by atoms with Crippen LogP contribution in [0.3, 0.4) is 0 Å². The van der Waals surface area contributed by atoms with Crippen LogP contribution in [-0.4, -0.2) is 37.9 Å². The molecular weight excluding hydrogens is 256 g/mol. The molecule has 5 heteroatoms. The number of likely N-dealkylation sites (N-methyl/N-ethyl adjacent to an activating group) is 1. The fourth-order valence-corrected chi connectivity index (χ4v) is 2.30. The summed E-state index contributed by atoms with van der Waals surface area (Å²) in [4.78, 5) is 4.33. The summed E-state index contributed by atoms with van der Waals surface area (Å²) in [5, 5.41) is 5.07. The Kier molecular flexibility index (Phi) is 3.60. The zero-order valence-corrected chi connectivity index (χ0v) is 11.7. The molecule has 20 heavy (non-hydrogen) atoms. The third-order valence-electron chi connectivity index (χ3n) is 3.20. The van der Waals surface area contributed by atoms with Crippen molar-refractivity contribution in [2.45, 2.75) is 13.0 Å². The van der Waals surface area contributed by atoms with E-state index in [4.69, 9.17) is 14.2 Å². The van der Waals surface area contributed by atoms with E-state index in [1.807, 2.05) is 32.2 Å². The lowest BCUT2D eigenvalue weighted by molar-refractivity contribution is 0.172. The number of ether oxygens (including phenoxy) is 3. The van der Waals surface area contributed by atoms with Gasteiger partial charge in [0.1, 0.15) is 19.3 Å². The van der Waals surface area contributed by atoms with Gasteiger partial charge in [-0.2, -0.15) is 0 Å². The average molecular weight is 274 g/mol. The summed E-state index contributed by atoms with van der Waals surface area (Å²) in [5.74, 6) is 2.16. The minimum atomic E-state index is 0.0475. The van der Waals surface area contributed by atoms with Gasteiger partial charge in [0.05, 0.1) is 0 Å². The van der Waals surface area contributed by atoms with Crippen LogP contribution in [0.25, 0.3) is 10.8 Å². The molecule has 0 saturated heterocycles. The minimum absolute atomic E-state index is 0.0475. The molecule has 1 unspecified atom stereocenters. The zero-order valence-electron chi connectivity index (χ0n) is 11.7. The van der Waals surface area contributed by atoms with Crippen LogP contribution in [0.15, 0.2) is 24.4 Å². The summed E-state index contributed by atoms with van der Waals surface area (Å²) in [6.07, 6.45) is 1.80. The maximum atomic E-state index is 5.89. The monoisotopic (exact) mass is 274 g/mol. The van der Waals surface area contributed by atoms with E-state index in [-0.39, 0.29) is 6.10 Å². The fraction of sp³-hybridized carbons (Fsp3) is 0.400. The molecule has 0 radical (unpaired) electrons. The predicted octanol–water partition coefficient (Wildman–Crippen LogP) is 1.99. The Morgan fingerprint density at radius 3 is 2.80 bits per heavy atom. The Labute approximate surface area is 117 Å². The van der Waals surface area contributed by atoms with Crippen molar-refractivity contribution in [3.05, 3.63) is 24.4 Å². The van der Waals surface area contributed by atoms with Gasteiger partial charge in [-0.3, -0.25) is 0 Å². The van der Waals surface area contributed by atoms with Crippen molar-refractivity contribution in [1.82, 2.24) is 10.3 Å². The molecule has 0 bridgehead atoms. The van der Waals surface area contributed by atoms with Gasteiger partial charge in [0.2, 0.25) is 5.88 Å². The Morgan fingerprint density at radius 1 is 1.30 bits per heavy atom. The van der Waals surface area contributed by atoms with Crippen LogP contribution in [0, 0.1) is 0 Å². The van der Waals surface area contributed by atoms with E-state index in [0.29, 0.717) is 19.1 Å². The first-order valence-electron chi connectivity index (χ1n) is 6.77. The molecule has 1 aliphatic rings. The lowest BCUT2D eigenvalue weighted by atomic mass is 10.1. The summed E-state index contributed by atoms with van der Waals surface area (Å²) >= 11 is 0. The molecule has 3 rings (SSSR count). The lowest BCUT2D eigenvalue weighted by Gasteiger charge is -2.20. The second-order valence-electron chi connectivity index (χ2n) is 4.82. The molecule has 106 valence electrons. The molecule has 1 N–H and O–H groups in total. The topological polar surface area (TPSA) is 52.6 Å². The van der Waals surface area contributed by atoms with E-state index in [1.165, 1.54) is 0 Å². The van der Waals surface area contributed by atoms with Gasteiger partial charge in [0.25, 0.3) is 0 Å². The van der Waals surface area contributed by atoms with Crippen LogP contribution in [0.2, 0.25) is 0 Å². The second kappa shape index (κ2) is 5.54. The van der Waals surface area contributed by atoms with Gasteiger partial charge in [0, 0.05) is 18.1 Å². The van der Waals surface area contributed by atoms with Crippen LogP contribution in [-0.2, 0) is 0 Å². The first-order valence-corrected chi connectivity index (χ1v) is 6.77. The molecule has 1 aromatic carbocycles. The summed E-state index contributed by atoms with van der Waals surface area (Å²) in [7, 11) is 1.90. The number of nitrogens with one attached hydrogen (secondary N) is 1. The highest BCUT2D eigenvalue weighted by Gasteiger charge is 2.16. The molecule has 0 amide bonds. The van der Waals surface area contributed by atoms with Crippen LogP contribution < -0.4 is 19.5 Å². The van der Waals surface area contributed by atoms with Gasteiger partial charge in [0.15, 0.2) is 11.5 Å². The van der Waals surface area contributed by atoms with Crippen LogP contribution in [0.5, 0.6) is 17.4 Å². The zero-order chi connectivity index (χ0) is 13.9. The molecule has 5 nitrogen and oxygen atoms in total. The summed E-state index contributed by atoms with van der Waals surface area (Å²) in [6, 6.07) is 5.86. The Hall–Kier alpha value is -2.01. The molecule has 1 aromatic heterocycles. The standard InChI is InChI=1S/C15H18N2O3/c1-10(9-16-2)20-15-12-8-14-13(18-5-6-19-14)7-11(12)3-4-17-15/h3-4,7-8,10,16H,5-6,9H2,1-2H3. The highest BCUT2D eigenvalue weighted by molar-refractivity contribution is 5.90. The number of fused-ring (bicyclic) bond motifs is 2. The fourth-order valence-electron chi connectivity index (χ4n) is 2.30. The van der Waals surface area contributed by atoms with Gasteiger partial charge >= 0.3 is 0 Å². The molecule has 0 aliphatic carbocycles. The minimum Gasteiger partial charge on any atom is -0.486 e. The number of hydrogen-bond donors (Lipinski definition) is 1. The maximum absolute atomic E-state index is 5.89. The highest BCUT2D eigenvalue weighted by atomic mass is 16.6. The van der Waals surface area contributed by atoms with Crippen LogP contribution >= 0.6 is 0 Å². The summed E-state index contributed by atoms with van der Waals surface area (Å²) in [6.45, 7) is 3.94. The van der Waals surface area contributed by atoms with Gasteiger partial charge in [-0.1, -0.05) is 0 Å². The van der Waals surface area contributed by atoms with Crippen molar-refractivity contribution in [1.29, 1.82) is 0 Å². The quantitative estimate of drug-likeness (QED) is 0.924. The largest absolute Gasteiger partial charge is 0.486 e. The number of rotatable bonds is 4. The molecular formula is C15H18N2O3. The molecule has 0 spiro atoms. The SMILES string of the molecule is CNCC(C)Oc1nccc2cc3c(cc12)OCCO3. The molecule has 1 atom stereocenters. The van der Waals surface area contributed by atoms with E-state index < -0.39 is 0 Å². The van der Waals surface area contributed by atoms with Crippen molar-refractivity contribution in [3.63, 3.8) is 0 Å². The van der Waals surface area contributed by atoms with Crippen molar-refractivity contribution in [2.24, 2.45) is 0 Å². The second-order valence-corrected chi connectivity index (χ2v) is 4.82. The van der Waals surface area contributed by atoms with Crippen LogP contribution in [0.4, 0.5) is 0 Å². The molecule has 0 saturated carbocycles. The lowest BCUT2D eigenvalue weighted by Crippen LogP contribution is -2.26. The molecule has 2 aromatic rings. The number of benzene rings is 1. The normalized spacial score (nSPS) is 15.1. The number of aromatic nitrogens is 1. The summed E-state index contributed by atoms with van der Waals surface area (Å²) in [5.41, 5.74) is 0. The predicted molar refractivity (Wildman–Crippen MR) is 76.7 cm³/mol. The number of hydrogen-bond acceptors (Lipinski definition) is 5. The Balaban J connectivity index is 2.00. The smallest absolute Gasteiger partial charge is 0.221 e. The van der Waals surface area contributed by atoms with Crippen molar-refractivity contribution in [3.8, 4) is 17.4 Å². The summed E-state index contributed by atoms with van der Waals surface area (Å²) < 4.78 is 17.1. The van der Waals surface area contributed by atoms with Gasteiger partial charge in [-0.15, -0.1) is 0 Å². The van der Waals surface area contributed by atoms with Gasteiger partial charge in [-0.25, -0.2) is 4.98 Å². The number of pyridine rings is 1. The molecule has 1 aliphatic heterocycles. The average Bonchev–Trinajstić information content (AvgIpc) is 2.46. The third-order valence-corrected chi connectivity index (χ3v) is 3.20. The van der Waals surface area contributed by atoms with E-state index in [2.05, 4.69) is 10.3 Å². The first-order chi connectivity index (χ1) is 9.78. The van der Waals surface area contributed by atoms with Gasteiger partial charge < -0.3 is 19.5 Å².